The van der Waals surface area contributed by atoms with Crippen molar-refractivity contribution in [3.05, 3.63) is 105 Å². The van der Waals surface area contributed by atoms with Gasteiger partial charge in [-0.2, -0.15) is 5.09 Å². The number of nitrogens with one attached hydrogen (secondary N) is 1. The van der Waals surface area contributed by atoms with Gasteiger partial charge >= 0.3 is 13.7 Å². The third-order valence-electron chi connectivity index (χ3n) is 5.03. The fraction of sp³-hybridized carbons (Fsp3) is 0.115. The van der Waals surface area contributed by atoms with Crippen molar-refractivity contribution in [1.82, 2.24) is 5.09 Å². The maximum Gasteiger partial charge on any atom is 0.513 e. The molecule has 9 heteroatoms. The number of ether oxygens (including phenoxy) is 1. The van der Waals surface area contributed by atoms with E-state index in [1.807, 2.05) is 83.3 Å². The van der Waals surface area contributed by atoms with Gasteiger partial charge in [-0.1, -0.05) is 84.4 Å². The minimum atomic E-state index is -4.17. The molecule has 2 atom stereocenters. The Morgan fingerprint density at radius 3 is 2.40 bits per heavy atom. The van der Waals surface area contributed by atoms with E-state index in [4.69, 9.17) is 25.4 Å². The summed E-state index contributed by atoms with van der Waals surface area (Å²) >= 11 is 8.36. The molecule has 0 fully saturated rings. The van der Waals surface area contributed by atoms with Gasteiger partial charge in [-0.25, -0.2) is 4.57 Å². The molecule has 0 aliphatic rings. The highest BCUT2D eigenvalue weighted by Crippen LogP contribution is 2.49. The number of hydrogen-bond acceptors (Lipinski definition) is 5. The minimum Gasteiger partial charge on any atom is -0.460 e. The molecule has 0 radical (unpaired) electrons. The van der Waals surface area contributed by atoms with Gasteiger partial charge in [0.2, 0.25) is 0 Å². The van der Waals surface area contributed by atoms with E-state index in [0.29, 0.717) is 9.32 Å². The largest absolute Gasteiger partial charge is 0.513 e. The number of hydrogen-bond donors (Lipinski definition) is 1. The van der Waals surface area contributed by atoms with Gasteiger partial charge in [0.25, 0.3) is 0 Å². The molecule has 35 heavy (non-hydrogen) atoms. The first-order chi connectivity index (χ1) is 16.8. The van der Waals surface area contributed by atoms with Gasteiger partial charge in [-0.3, -0.25) is 4.79 Å². The predicted octanol–water partition coefficient (Wildman–Crippen LogP) is 7.39. The van der Waals surface area contributed by atoms with Crippen molar-refractivity contribution < 1.29 is 23.1 Å². The second-order valence-electron chi connectivity index (χ2n) is 7.65. The molecule has 0 saturated heterocycles. The molecule has 0 aliphatic heterocycles. The molecule has 1 unspecified atom stereocenters. The smallest absolute Gasteiger partial charge is 0.460 e. The van der Waals surface area contributed by atoms with Crippen LogP contribution in [0.3, 0.4) is 0 Å². The van der Waals surface area contributed by atoms with E-state index in [9.17, 15) is 9.36 Å². The Morgan fingerprint density at radius 1 is 0.943 bits per heavy atom. The zero-order valence-corrected chi connectivity index (χ0v) is 22.5. The van der Waals surface area contributed by atoms with Gasteiger partial charge in [0, 0.05) is 5.39 Å². The molecule has 0 aliphatic carbocycles. The number of esters is 1. The van der Waals surface area contributed by atoms with Crippen LogP contribution in [0, 0.1) is 3.57 Å². The molecule has 0 spiro atoms. The van der Waals surface area contributed by atoms with Gasteiger partial charge in [-0.15, -0.1) is 0 Å². The van der Waals surface area contributed by atoms with E-state index in [-0.39, 0.29) is 17.4 Å². The van der Waals surface area contributed by atoms with Crippen LogP contribution >= 0.6 is 41.9 Å². The maximum atomic E-state index is 14.1. The van der Waals surface area contributed by atoms with Crippen molar-refractivity contribution >= 4 is 58.7 Å². The summed E-state index contributed by atoms with van der Waals surface area (Å²) in [5, 5.41) is 4.63. The first-order valence-electron chi connectivity index (χ1n) is 10.7. The van der Waals surface area contributed by atoms with Crippen molar-refractivity contribution in [3.8, 4) is 11.5 Å². The Labute approximate surface area is 222 Å². The van der Waals surface area contributed by atoms with Crippen molar-refractivity contribution in [2.45, 2.75) is 19.6 Å². The topological polar surface area (TPSA) is 73.9 Å². The van der Waals surface area contributed by atoms with Crippen LogP contribution in [0.4, 0.5) is 0 Å². The lowest BCUT2D eigenvalue weighted by Crippen LogP contribution is -2.35. The number of para-hydroxylation sites is 1. The molecular weight excluding hydrogens is 600 g/mol. The summed E-state index contributed by atoms with van der Waals surface area (Å²) < 4.78 is 31.9. The van der Waals surface area contributed by atoms with Crippen LogP contribution in [-0.2, 0) is 20.7 Å². The molecule has 6 nitrogen and oxygen atoms in total. The fourth-order valence-corrected chi connectivity index (χ4v) is 6.10. The number of carbonyl (C=O) groups excluding carboxylic acids is 1. The normalized spacial score (nSPS) is 13.6. The zero-order valence-electron chi connectivity index (χ0n) is 18.7. The highest BCUT2D eigenvalue weighted by molar-refractivity contribution is 14.1. The average Bonchev–Trinajstić information content (AvgIpc) is 2.86. The monoisotopic (exact) mass is 621 g/mol. The van der Waals surface area contributed by atoms with Crippen LogP contribution < -0.4 is 14.1 Å². The Balaban J connectivity index is 1.60. The quantitative estimate of drug-likeness (QED) is 0.119. The van der Waals surface area contributed by atoms with E-state index in [0.717, 1.165) is 16.3 Å². The highest BCUT2D eigenvalue weighted by Gasteiger charge is 2.35. The van der Waals surface area contributed by atoms with Crippen molar-refractivity contribution in [2.75, 3.05) is 0 Å². The molecule has 0 saturated carbocycles. The first kappa shape index (κ1) is 25.5. The minimum absolute atomic E-state index is 0.0868. The van der Waals surface area contributed by atoms with E-state index >= 15 is 0 Å². The molecule has 1 N–H and O–H groups in total. The van der Waals surface area contributed by atoms with Gasteiger partial charge in [0.05, 0.1) is 8.59 Å². The molecule has 4 aromatic rings. The van der Waals surface area contributed by atoms with Crippen molar-refractivity contribution in [3.63, 3.8) is 0 Å². The van der Waals surface area contributed by atoms with Crippen molar-refractivity contribution in [2.24, 2.45) is 0 Å². The molecule has 180 valence electrons. The molecular formula is C26H22ClINO5P. The van der Waals surface area contributed by atoms with E-state index < -0.39 is 19.8 Å². The second kappa shape index (κ2) is 11.4. The number of halogens is 2. The lowest BCUT2D eigenvalue weighted by molar-refractivity contribution is -0.146. The summed E-state index contributed by atoms with van der Waals surface area (Å²) in [5.74, 6) is -0.0745. The lowest BCUT2D eigenvalue weighted by Gasteiger charge is -2.24. The van der Waals surface area contributed by atoms with E-state index in [1.54, 1.807) is 30.3 Å². The third kappa shape index (κ3) is 6.55. The fourth-order valence-electron chi connectivity index (χ4n) is 3.31. The number of benzene rings is 4. The SMILES string of the molecule is C[C@H](NP(=O)(Oc1c(Cl)cccc1I)Oc1cccc2ccccc12)C(=O)OCc1ccccc1. The van der Waals surface area contributed by atoms with Crippen LogP contribution in [0.2, 0.25) is 5.02 Å². The number of fused-ring (bicyclic) bond motifs is 1. The van der Waals surface area contributed by atoms with Gasteiger partial charge < -0.3 is 13.8 Å². The second-order valence-corrected chi connectivity index (χ2v) is 10.8. The van der Waals surface area contributed by atoms with Crippen LogP contribution in [0.15, 0.2) is 91.0 Å². The predicted molar refractivity (Wildman–Crippen MR) is 146 cm³/mol. The highest BCUT2D eigenvalue weighted by atomic mass is 127. The standard InChI is InChI=1S/C26H22ClINO5P/c1-18(26(30)32-17-19-9-3-2-4-10-19)29-35(31,34-25-22(27)14-8-15-23(25)28)33-24-16-7-12-20-11-5-6-13-21(20)24/h2-16,18H,17H2,1H3,(H,29,31)/t18-,35?/m0/s1. The average molecular weight is 622 g/mol. The van der Waals surface area contributed by atoms with Crippen LogP contribution in [0.25, 0.3) is 10.8 Å². The van der Waals surface area contributed by atoms with Crippen LogP contribution in [0.5, 0.6) is 11.5 Å². The maximum absolute atomic E-state index is 14.1. The Morgan fingerprint density at radius 2 is 1.63 bits per heavy atom. The van der Waals surface area contributed by atoms with Gasteiger partial charge in [-0.05, 0) is 58.7 Å². The summed E-state index contributed by atoms with van der Waals surface area (Å²) in [6.07, 6.45) is 0. The lowest BCUT2D eigenvalue weighted by atomic mass is 10.1. The van der Waals surface area contributed by atoms with Crippen molar-refractivity contribution in [1.29, 1.82) is 0 Å². The zero-order chi connectivity index (χ0) is 24.8. The van der Waals surface area contributed by atoms with Gasteiger partial charge in [0.1, 0.15) is 18.4 Å². The summed E-state index contributed by atoms with van der Waals surface area (Å²) in [6.45, 7) is 1.62. The Kier molecular flexibility index (Phi) is 8.34. The Hall–Kier alpha value is -2.58. The molecule has 0 heterocycles. The molecule has 0 aromatic heterocycles. The molecule has 4 aromatic carbocycles. The summed E-state index contributed by atoms with van der Waals surface area (Å²) in [6, 6.07) is 26.4. The van der Waals surface area contributed by atoms with Crippen LogP contribution in [0.1, 0.15) is 12.5 Å². The Bertz CT molecular complexity index is 1360. The molecule has 0 amide bonds. The molecule has 0 bridgehead atoms. The summed E-state index contributed by atoms with van der Waals surface area (Å²) in [5.41, 5.74) is 0.838. The third-order valence-corrected chi connectivity index (χ3v) is 7.74. The first-order valence-corrected chi connectivity index (χ1v) is 13.7. The van der Waals surface area contributed by atoms with E-state index in [1.165, 1.54) is 6.92 Å². The van der Waals surface area contributed by atoms with Crippen LogP contribution in [-0.4, -0.2) is 12.0 Å². The van der Waals surface area contributed by atoms with Gasteiger partial charge in [0.15, 0.2) is 5.75 Å². The van der Waals surface area contributed by atoms with E-state index in [2.05, 4.69) is 5.09 Å². The summed E-state index contributed by atoms with van der Waals surface area (Å²) in [4.78, 5) is 12.7. The number of carbonyl (C=O) groups is 1. The number of rotatable bonds is 9. The summed E-state index contributed by atoms with van der Waals surface area (Å²) in [7, 11) is -4.17. The molecule has 4 rings (SSSR count).